The summed E-state index contributed by atoms with van der Waals surface area (Å²) in [6.45, 7) is 4.84. The molecule has 3 atom stereocenters. The lowest BCUT2D eigenvalue weighted by molar-refractivity contribution is 0.0341. The quantitative estimate of drug-likeness (QED) is 0.296. The normalized spacial score (nSPS) is 17.8. The second kappa shape index (κ2) is 13.4. The topological polar surface area (TPSA) is 146 Å². The number of aromatic carboxylic acids is 1. The van der Waals surface area contributed by atoms with E-state index in [1.54, 1.807) is 60.4 Å². The Kier molecular flexibility index (Phi) is 9.95. The van der Waals surface area contributed by atoms with Crippen molar-refractivity contribution in [1.29, 1.82) is 0 Å². The lowest BCUT2D eigenvalue weighted by Gasteiger charge is -2.38. The number of carbonyl (C=O) groups excluding carboxylic acids is 1. The van der Waals surface area contributed by atoms with Crippen LogP contribution < -0.4 is 14.2 Å². The standard InChI is InChI=1S/C31H37N3O8S/c1-20-16-34(21(2)19-35)30(36)27-15-24(32-43(39,40)26-12-10-25(41-4)11-13-26)9-14-28(27)42-29(20)18-33(3)17-22-5-7-23(8-6-22)31(37)38/h5-15,20-21,29,32,35H,16-19H2,1-4H3,(H,37,38)/t20-,21+,29+/m0/s1. The summed E-state index contributed by atoms with van der Waals surface area (Å²) in [4.78, 5) is 28.6. The van der Waals surface area contributed by atoms with Crippen LogP contribution in [0.15, 0.2) is 71.6 Å². The van der Waals surface area contributed by atoms with E-state index in [1.165, 1.54) is 25.3 Å². The van der Waals surface area contributed by atoms with Gasteiger partial charge in [-0.15, -0.1) is 0 Å². The second-order valence-electron chi connectivity index (χ2n) is 10.8. The minimum absolute atomic E-state index is 0.0349. The van der Waals surface area contributed by atoms with Crippen molar-refractivity contribution < 1.29 is 37.7 Å². The van der Waals surface area contributed by atoms with Crippen LogP contribution >= 0.6 is 0 Å². The van der Waals surface area contributed by atoms with Gasteiger partial charge in [-0.1, -0.05) is 19.1 Å². The fraction of sp³-hybridized carbons (Fsp3) is 0.355. The van der Waals surface area contributed by atoms with Crippen molar-refractivity contribution in [3.05, 3.63) is 83.4 Å². The van der Waals surface area contributed by atoms with E-state index in [-0.39, 0.29) is 46.2 Å². The molecule has 0 spiro atoms. The molecule has 0 bridgehead atoms. The average molecular weight is 612 g/mol. The number of aliphatic hydroxyl groups is 1. The van der Waals surface area contributed by atoms with Crippen LogP contribution in [0.1, 0.15) is 40.1 Å². The second-order valence-corrected chi connectivity index (χ2v) is 12.5. The fourth-order valence-electron chi connectivity index (χ4n) is 4.91. The number of carboxylic acids is 1. The van der Waals surface area contributed by atoms with Crippen LogP contribution in [0.5, 0.6) is 11.5 Å². The van der Waals surface area contributed by atoms with E-state index in [1.807, 2.05) is 14.0 Å². The number of sulfonamides is 1. The van der Waals surface area contributed by atoms with Gasteiger partial charge < -0.3 is 24.6 Å². The van der Waals surface area contributed by atoms with Crippen LogP contribution in [0.2, 0.25) is 0 Å². The Morgan fingerprint density at radius 2 is 1.81 bits per heavy atom. The number of rotatable bonds is 11. The Labute approximate surface area is 251 Å². The van der Waals surface area contributed by atoms with Crippen LogP contribution in [0.4, 0.5) is 5.69 Å². The number of ether oxygens (including phenoxy) is 2. The summed E-state index contributed by atoms with van der Waals surface area (Å²) < 4.78 is 40.2. The summed E-state index contributed by atoms with van der Waals surface area (Å²) in [5.74, 6) is -0.645. The van der Waals surface area contributed by atoms with Gasteiger partial charge in [-0.05, 0) is 74.1 Å². The Morgan fingerprint density at radius 1 is 1.14 bits per heavy atom. The molecule has 3 N–H and O–H groups in total. The zero-order valence-electron chi connectivity index (χ0n) is 24.6. The number of anilines is 1. The maximum atomic E-state index is 13.7. The molecule has 1 heterocycles. The molecule has 0 aromatic heterocycles. The van der Waals surface area contributed by atoms with Gasteiger partial charge in [0.15, 0.2) is 0 Å². The van der Waals surface area contributed by atoms with Gasteiger partial charge >= 0.3 is 5.97 Å². The first-order chi connectivity index (χ1) is 20.4. The molecule has 43 heavy (non-hydrogen) atoms. The van der Waals surface area contributed by atoms with Gasteiger partial charge in [-0.25, -0.2) is 13.2 Å². The predicted octanol–water partition coefficient (Wildman–Crippen LogP) is 3.55. The van der Waals surface area contributed by atoms with Crippen molar-refractivity contribution in [2.45, 2.75) is 37.4 Å². The molecule has 0 radical (unpaired) electrons. The molecule has 1 aliphatic rings. The molecule has 3 aromatic carbocycles. The third-order valence-corrected chi connectivity index (χ3v) is 8.83. The zero-order chi connectivity index (χ0) is 31.3. The number of methoxy groups -OCH3 is 1. The number of hydrogen-bond acceptors (Lipinski definition) is 8. The summed E-state index contributed by atoms with van der Waals surface area (Å²) >= 11 is 0. The summed E-state index contributed by atoms with van der Waals surface area (Å²) in [6.07, 6.45) is -0.356. The number of benzene rings is 3. The summed E-state index contributed by atoms with van der Waals surface area (Å²) in [5, 5.41) is 19.1. The first-order valence-electron chi connectivity index (χ1n) is 13.8. The van der Waals surface area contributed by atoms with Crippen molar-refractivity contribution in [2.75, 3.05) is 38.6 Å². The molecule has 12 heteroatoms. The van der Waals surface area contributed by atoms with Crippen LogP contribution in [-0.4, -0.2) is 86.3 Å². The van der Waals surface area contributed by atoms with E-state index in [0.717, 1.165) is 5.56 Å². The van der Waals surface area contributed by atoms with E-state index in [4.69, 9.17) is 14.6 Å². The summed E-state index contributed by atoms with van der Waals surface area (Å²) in [6, 6.07) is 16.7. The highest BCUT2D eigenvalue weighted by atomic mass is 32.2. The lowest BCUT2D eigenvalue weighted by atomic mass is 9.99. The van der Waals surface area contributed by atoms with Crippen molar-refractivity contribution in [3.8, 4) is 11.5 Å². The number of amides is 1. The van der Waals surface area contributed by atoms with Gasteiger partial charge in [-0.3, -0.25) is 14.4 Å². The lowest BCUT2D eigenvalue weighted by Crippen LogP contribution is -2.49. The largest absolute Gasteiger partial charge is 0.497 e. The molecule has 0 unspecified atom stereocenters. The molecule has 230 valence electrons. The number of fused-ring (bicyclic) bond motifs is 1. The monoisotopic (exact) mass is 611 g/mol. The van der Waals surface area contributed by atoms with Gasteiger partial charge in [0.2, 0.25) is 0 Å². The Balaban J connectivity index is 1.60. The zero-order valence-corrected chi connectivity index (χ0v) is 25.4. The Hall–Kier alpha value is -4.13. The SMILES string of the molecule is COc1ccc(S(=O)(=O)Nc2ccc3c(c2)C(=O)N([C@H](C)CO)C[C@H](C)[C@@H](CN(C)Cc2ccc(C(=O)O)cc2)O3)cc1. The highest BCUT2D eigenvalue weighted by Crippen LogP contribution is 2.31. The van der Waals surface area contributed by atoms with Crippen molar-refractivity contribution in [2.24, 2.45) is 5.92 Å². The summed E-state index contributed by atoms with van der Waals surface area (Å²) in [7, 11) is -0.538. The number of nitrogens with one attached hydrogen (secondary N) is 1. The number of carbonyl (C=O) groups is 2. The van der Waals surface area contributed by atoms with Crippen molar-refractivity contribution >= 4 is 27.6 Å². The predicted molar refractivity (Wildman–Crippen MR) is 161 cm³/mol. The van der Waals surface area contributed by atoms with Crippen LogP contribution in [0, 0.1) is 5.92 Å². The first kappa shape index (κ1) is 31.8. The number of likely N-dealkylation sites (N-methyl/N-ethyl adjacent to an activating group) is 1. The number of nitrogens with zero attached hydrogens (tertiary/aromatic N) is 2. The van der Waals surface area contributed by atoms with Gasteiger partial charge in [0.05, 0.1) is 35.8 Å². The maximum Gasteiger partial charge on any atom is 0.335 e. The van der Waals surface area contributed by atoms with E-state index in [2.05, 4.69) is 9.62 Å². The molecule has 1 aliphatic heterocycles. The van der Waals surface area contributed by atoms with Crippen molar-refractivity contribution in [1.82, 2.24) is 9.80 Å². The van der Waals surface area contributed by atoms with Crippen molar-refractivity contribution in [3.63, 3.8) is 0 Å². The minimum Gasteiger partial charge on any atom is -0.497 e. The van der Waals surface area contributed by atoms with E-state index >= 15 is 0 Å². The molecular formula is C31H37N3O8S. The first-order valence-corrected chi connectivity index (χ1v) is 15.3. The van der Waals surface area contributed by atoms with Gasteiger partial charge in [-0.2, -0.15) is 0 Å². The molecule has 3 aromatic rings. The molecular weight excluding hydrogens is 574 g/mol. The smallest absolute Gasteiger partial charge is 0.335 e. The van der Waals surface area contributed by atoms with Gasteiger partial charge in [0, 0.05) is 31.2 Å². The molecule has 1 amide bonds. The highest BCUT2D eigenvalue weighted by Gasteiger charge is 2.33. The molecule has 0 aliphatic carbocycles. The molecule has 11 nitrogen and oxygen atoms in total. The molecule has 4 rings (SSSR count). The van der Waals surface area contributed by atoms with Crippen LogP contribution in [-0.2, 0) is 16.6 Å². The minimum atomic E-state index is -3.96. The summed E-state index contributed by atoms with van der Waals surface area (Å²) in [5.41, 5.74) is 1.52. The van der Waals surface area contributed by atoms with E-state index < -0.39 is 22.0 Å². The fourth-order valence-corrected chi connectivity index (χ4v) is 5.96. The Bertz CT molecular complexity index is 1540. The average Bonchev–Trinajstić information content (AvgIpc) is 2.99. The number of carboxylic acid groups (broad SMARTS) is 1. The van der Waals surface area contributed by atoms with Gasteiger partial charge in [0.1, 0.15) is 17.6 Å². The maximum absolute atomic E-state index is 13.7. The molecule has 0 saturated heterocycles. The number of aliphatic hydroxyl groups excluding tert-OH is 1. The Morgan fingerprint density at radius 3 is 2.42 bits per heavy atom. The van der Waals surface area contributed by atoms with Crippen LogP contribution in [0.3, 0.4) is 0 Å². The molecule has 0 saturated carbocycles. The third kappa shape index (κ3) is 7.64. The van der Waals surface area contributed by atoms with E-state index in [0.29, 0.717) is 31.1 Å². The van der Waals surface area contributed by atoms with Gasteiger partial charge in [0.25, 0.3) is 15.9 Å². The van der Waals surface area contributed by atoms with Crippen LogP contribution in [0.25, 0.3) is 0 Å². The third-order valence-electron chi connectivity index (χ3n) is 7.43. The van der Waals surface area contributed by atoms with E-state index in [9.17, 15) is 23.1 Å². The number of hydrogen-bond donors (Lipinski definition) is 3. The molecule has 0 fully saturated rings. The highest BCUT2D eigenvalue weighted by molar-refractivity contribution is 7.92.